The molecule has 1 aromatic heterocycles. The quantitative estimate of drug-likeness (QED) is 0.766. The molecular weight excluding hydrogens is 225 g/mol. The summed E-state index contributed by atoms with van der Waals surface area (Å²) in [4.78, 5) is 24.1. The lowest BCUT2D eigenvalue weighted by molar-refractivity contribution is 0.462. The summed E-state index contributed by atoms with van der Waals surface area (Å²) in [7, 11) is 0. The van der Waals surface area contributed by atoms with Crippen LogP contribution in [-0.4, -0.2) is 22.1 Å². The van der Waals surface area contributed by atoms with Gasteiger partial charge in [-0.3, -0.25) is 14.3 Å². The number of halogens is 1. The van der Waals surface area contributed by atoms with Crippen molar-refractivity contribution < 1.29 is 4.39 Å². The molecule has 1 aliphatic rings. The highest BCUT2D eigenvalue weighted by Gasteiger charge is 2.27. The minimum Gasteiger partial charge on any atom is -0.312 e. The molecule has 1 fully saturated rings. The summed E-state index contributed by atoms with van der Waals surface area (Å²) >= 11 is 0. The van der Waals surface area contributed by atoms with Crippen molar-refractivity contribution in [1.29, 1.82) is 0 Å². The van der Waals surface area contributed by atoms with E-state index in [1.165, 1.54) is 17.4 Å². The molecule has 0 bridgehead atoms. The van der Waals surface area contributed by atoms with Gasteiger partial charge in [-0.25, -0.2) is 4.79 Å². The maximum absolute atomic E-state index is 13.0. The average Bonchev–Trinajstić information content (AvgIpc) is 3.09. The van der Waals surface area contributed by atoms with Crippen LogP contribution in [0.25, 0.3) is 0 Å². The number of hydrogen-bond donors (Lipinski definition) is 2. The van der Waals surface area contributed by atoms with E-state index in [4.69, 9.17) is 0 Å². The van der Waals surface area contributed by atoms with E-state index in [0.717, 1.165) is 12.1 Å². The van der Waals surface area contributed by atoms with E-state index in [1.54, 1.807) is 0 Å². The minimum atomic E-state index is -0.967. The molecule has 1 saturated carbocycles. The van der Waals surface area contributed by atoms with Crippen molar-refractivity contribution in [2.45, 2.75) is 32.4 Å². The Morgan fingerprint density at radius 3 is 2.94 bits per heavy atom. The fourth-order valence-electron chi connectivity index (χ4n) is 1.82. The second-order valence-electron chi connectivity index (χ2n) is 4.51. The van der Waals surface area contributed by atoms with Crippen LogP contribution in [0.1, 0.15) is 19.8 Å². The van der Waals surface area contributed by atoms with Crippen molar-refractivity contribution in [2.75, 3.05) is 6.54 Å². The second-order valence-corrected chi connectivity index (χ2v) is 4.51. The zero-order chi connectivity index (χ0) is 12.4. The number of rotatable bonds is 5. The van der Waals surface area contributed by atoms with Crippen molar-refractivity contribution in [3.05, 3.63) is 32.9 Å². The fourth-order valence-corrected chi connectivity index (χ4v) is 1.82. The van der Waals surface area contributed by atoms with Gasteiger partial charge in [0, 0.05) is 19.1 Å². The SMILES string of the molecule is CC(NCCn1cc(F)c(=O)[nH]c1=O)C1CC1. The second kappa shape index (κ2) is 4.83. The number of aromatic amines is 1. The van der Waals surface area contributed by atoms with Crippen LogP contribution >= 0.6 is 0 Å². The molecule has 1 aliphatic carbocycles. The first-order valence-corrected chi connectivity index (χ1v) is 5.80. The van der Waals surface area contributed by atoms with E-state index in [0.29, 0.717) is 19.1 Å². The van der Waals surface area contributed by atoms with Crippen LogP contribution in [0.2, 0.25) is 0 Å². The summed E-state index contributed by atoms with van der Waals surface area (Å²) in [6, 6.07) is 0.429. The van der Waals surface area contributed by atoms with Crippen molar-refractivity contribution in [2.24, 2.45) is 5.92 Å². The Hall–Kier alpha value is -1.43. The third-order valence-corrected chi connectivity index (χ3v) is 3.12. The Bertz CT molecular complexity index is 504. The van der Waals surface area contributed by atoms with Crippen LogP contribution in [0, 0.1) is 11.7 Å². The van der Waals surface area contributed by atoms with Gasteiger partial charge in [0.05, 0.1) is 6.20 Å². The molecule has 1 atom stereocenters. The molecule has 2 N–H and O–H groups in total. The summed E-state index contributed by atoms with van der Waals surface area (Å²) in [5, 5.41) is 3.28. The first-order chi connectivity index (χ1) is 8.08. The Morgan fingerprint density at radius 2 is 2.29 bits per heavy atom. The van der Waals surface area contributed by atoms with Gasteiger partial charge in [0.15, 0.2) is 0 Å². The smallest absolute Gasteiger partial charge is 0.312 e. The van der Waals surface area contributed by atoms with Gasteiger partial charge < -0.3 is 5.32 Å². The van der Waals surface area contributed by atoms with Crippen molar-refractivity contribution in [3.63, 3.8) is 0 Å². The number of nitrogens with one attached hydrogen (secondary N) is 2. The Kier molecular flexibility index (Phi) is 3.42. The standard InChI is InChI=1S/C11H16FN3O2/c1-7(8-2-3-8)13-4-5-15-6-9(12)10(16)14-11(15)17/h6-8,13H,2-5H2,1H3,(H,14,16,17). The molecule has 1 unspecified atom stereocenters. The highest BCUT2D eigenvalue weighted by Crippen LogP contribution is 2.32. The van der Waals surface area contributed by atoms with Crippen LogP contribution in [0.15, 0.2) is 15.8 Å². The Labute approximate surface area is 97.7 Å². The average molecular weight is 241 g/mol. The molecule has 2 rings (SSSR count). The number of aromatic nitrogens is 2. The van der Waals surface area contributed by atoms with Gasteiger partial charge in [-0.2, -0.15) is 4.39 Å². The van der Waals surface area contributed by atoms with Crippen LogP contribution in [0.3, 0.4) is 0 Å². The third-order valence-electron chi connectivity index (χ3n) is 3.12. The van der Waals surface area contributed by atoms with Gasteiger partial charge in [0.25, 0.3) is 5.56 Å². The Morgan fingerprint density at radius 1 is 1.59 bits per heavy atom. The molecule has 6 heteroatoms. The molecule has 1 heterocycles. The zero-order valence-corrected chi connectivity index (χ0v) is 9.70. The van der Waals surface area contributed by atoms with Gasteiger partial charge in [0.1, 0.15) is 0 Å². The molecule has 0 aromatic carbocycles. The third kappa shape index (κ3) is 3.03. The normalized spacial score (nSPS) is 17.1. The molecule has 0 amide bonds. The molecule has 17 heavy (non-hydrogen) atoms. The van der Waals surface area contributed by atoms with Crippen molar-refractivity contribution >= 4 is 0 Å². The van der Waals surface area contributed by atoms with Crippen molar-refractivity contribution in [1.82, 2.24) is 14.9 Å². The largest absolute Gasteiger partial charge is 0.328 e. The zero-order valence-electron chi connectivity index (χ0n) is 9.70. The lowest BCUT2D eigenvalue weighted by Crippen LogP contribution is -2.36. The molecular formula is C11H16FN3O2. The summed E-state index contributed by atoms with van der Waals surface area (Å²) < 4.78 is 14.1. The van der Waals surface area contributed by atoms with Crippen LogP contribution in [0.4, 0.5) is 4.39 Å². The predicted molar refractivity (Wildman–Crippen MR) is 61.5 cm³/mol. The van der Waals surface area contributed by atoms with Gasteiger partial charge in [-0.1, -0.05) is 0 Å². The van der Waals surface area contributed by atoms with Crippen LogP contribution in [-0.2, 0) is 6.54 Å². The lowest BCUT2D eigenvalue weighted by atomic mass is 10.2. The molecule has 0 radical (unpaired) electrons. The predicted octanol–water partition coefficient (Wildman–Crippen LogP) is 0.0638. The number of nitrogens with zero attached hydrogens (tertiary/aromatic N) is 1. The molecule has 1 aromatic rings. The first kappa shape index (κ1) is 12.0. The highest BCUT2D eigenvalue weighted by molar-refractivity contribution is 4.87. The van der Waals surface area contributed by atoms with E-state index in [2.05, 4.69) is 12.2 Å². The lowest BCUT2D eigenvalue weighted by Gasteiger charge is -2.13. The molecule has 0 spiro atoms. The molecule has 5 nitrogen and oxygen atoms in total. The molecule has 0 aliphatic heterocycles. The van der Waals surface area contributed by atoms with Gasteiger partial charge >= 0.3 is 5.69 Å². The fraction of sp³-hybridized carbons (Fsp3) is 0.636. The number of hydrogen-bond acceptors (Lipinski definition) is 3. The summed E-state index contributed by atoms with van der Waals surface area (Å²) in [5.74, 6) is -0.195. The highest BCUT2D eigenvalue weighted by atomic mass is 19.1. The van der Waals surface area contributed by atoms with E-state index in [-0.39, 0.29) is 0 Å². The summed E-state index contributed by atoms with van der Waals surface area (Å²) in [6.45, 7) is 3.04. The van der Waals surface area contributed by atoms with E-state index < -0.39 is 17.1 Å². The van der Waals surface area contributed by atoms with Crippen LogP contribution in [0.5, 0.6) is 0 Å². The maximum Gasteiger partial charge on any atom is 0.328 e. The van der Waals surface area contributed by atoms with E-state index in [9.17, 15) is 14.0 Å². The topological polar surface area (TPSA) is 66.9 Å². The van der Waals surface area contributed by atoms with Crippen LogP contribution < -0.4 is 16.6 Å². The monoisotopic (exact) mass is 241 g/mol. The van der Waals surface area contributed by atoms with E-state index >= 15 is 0 Å². The van der Waals surface area contributed by atoms with E-state index in [1.807, 2.05) is 4.98 Å². The summed E-state index contributed by atoms with van der Waals surface area (Å²) in [6.07, 6.45) is 3.45. The number of H-pyrrole nitrogens is 1. The van der Waals surface area contributed by atoms with Gasteiger partial charge in [0.2, 0.25) is 5.82 Å². The summed E-state index contributed by atoms with van der Waals surface area (Å²) in [5.41, 5.74) is -1.54. The van der Waals surface area contributed by atoms with Gasteiger partial charge in [-0.05, 0) is 25.7 Å². The minimum absolute atomic E-state index is 0.351. The van der Waals surface area contributed by atoms with Crippen molar-refractivity contribution in [3.8, 4) is 0 Å². The Balaban J connectivity index is 1.92. The first-order valence-electron chi connectivity index (χ1n) is 5.80. The molecule has 0 saturated heterocycles. The maximum atomic E-state index is 13.0. The van der Waals surface area contributed by atoms with Gasteiger partial charge in [-0.15, -0.1) is 0 Å². The molecule has 94 valence electrons.